The number of nitrogens with one attached hydrogen (secondary N) is 1. The zero-order valence-electron chi connectivity index (χ0n) is 18.4. The van der Waals surface area contributed by atoms with Crippen LogP contribution in [0, 0.1) is 0 Å². The predicted molar refractivity (Wildman–Crippen MR) is 127 cm³/mol. The Morgan fingerprint density at radius 2 is 1.27 bits per heavy atom. The maximum atomic E-state index is 12.2. The highest BCUT2D eigenvalue weighted by Gasteiger charge is 2.38. The van der Waals surface area contributed by atoms with Crippen molar-refractivity contribution in [1.29, 1.82) is 0 Å². The first-order valence-electron chi connectivity index (χ1n) is 10.8. The Hall–Kier alpha value is -3.74. The van der Waals surface area contributed by atoms with Gasteiger partial charge in [-0.15, -0.1) is 0 Å². The number of hydrogen-bond acceptors (Lipinski definition) is 4. The molecule has 0 spiro atoms. The molecule has 0 fully saturated rings. The van der Waals surface area contributed by atoms with Gasteiger partial charge >= 0.3 is 5.69 Å². The Morgan fingerprint density at radius 1 is 0.788 bits per heavy atom. The Labute approximate surface area is 192 Å². The second-order valence-electron chi connectivity index (χ2n) is 7.71. The van der Waals surface area contributed by atoms with E-state index in [4.69, 9.17) is 9.47 Å². The van der Waals surface area contributed by atoms with Crippen LogP contribution < -0.4 is 11.2 Å². The van der Waals surface area contributed by atoms with Crippen molar-refractivity contribution in [3.8, 4) is 0 Å². The monoisotopic (exact) mass is 442 g/mol. The summed E-state index contributed by atoms with van der Waals surface area (Å²) in [7, 11) is 1.58. The van der Waals surface area contributed by atoms with Gasteiger partial charge in [-0.2, -0.15) is 0 Å². The molecule has 0 aliphatic rings. The topological polar surface area (TPSA) is 73.3 Å². The van der Waals surface area contributed by atoms with Gasteiger partial charge in [0.25, 0.3) is 5.56 Å². The second-order valence-corrected chi connectivity index (χ2v) is 7.71. The molecule has 168 valence electrons. The molecule has 0 radical (unpaired) electrons. The van der Waals surface area contributed by atoms with E-state index in [-0.39, 0.29) is 13.2 Å². The zero-order chi connectivity index (χ0) is 23.1. The molecule has 0 bridgehead atoms. The van der Waals surface area contributed by atoms with Crippen molar-refractivity contribution >= 4 is 0 Å². The van der Waals surface area contributed by atoms with E-state index >= 15 is 0 Å². The quantitative estimate of drug-likeness (QED) is 0.402. The van der Waals surface area contributed by atoms with Gasteiger partial charge < -0.3 is 9.47 Å². The van der Waals surface area contributed by atoms with Gasteiger partial charge in [-0.05, 0) is 16.7 Å². The highest BCUT2D eigenvalue weighted by molar-refractivity contribution is 5.47. The molecule has 1 N–H and O–H groups in total. The van der Waals surface area contributed by atoms with Gasteiger partial charge in [0.1, 0.15) is 5.60 Å². The largest absolute Gasteiger partial charge is 0.377 e. The van der Waals surface area contributed by atoms with Crippen molar-refractivity contribution in [2.75, 3.05) is 13.7 Å². The average molecular weight is 443 g/mol. The van der Waals surface area contributed by atoms with Crippen molar-refractivity contribution in [2.24, 2.45) is 0 Å². The van der Waals surface area contributed by atoms with Crippen molar-refractivity contribution in [3.63, 3.8) is 0 Å². The van der Waals surface area contributed by atoms with Crippen LogP contribution in [0.4, 0.5) is 0 Å². The van der Waals surface area contributed by atoms with Gasteiger partial charge in [0.05, 0.1) is 19.3 Å². The molecular weight excluding hydrogens is 416 g/mol. The minimum absolute atomic E-state index is 0.209. The molecule has 33 heavy (non-hydrogen) atoms. The van der Waals surface area contributed by atoms with Crippen LogP contribution in [0.15, 0.2) is 113 Å². The summed E-state index contributed by atoms with van der Waals surface area (Å²) in [6, 6.07) is 31.5. The molecule has 4 rings (SSSR count). The zero-order valence-corrected chi connectivity index (χ0v) is 18.4. The summed E-state index contributed by atoms with van der Waals surface area (Å²) in [6.07, 6.45) is 1.04. The fraction of sp³-hybridized carbons (Fsp3) is 0.185. The third kappa shape index (κ3) is 4.87. The van der Waals surface area contributed by atoms with Gasteiger partial charge in [-0.1, -0.05) is 91.0 Å². The van der Waals surface area contributed by atoms with Gasteiger partial charge in [0.15, 0.2) is 0 Å². The minimum Gasteiger partial charge on any atom is -0.377 e. The summed E-state index contributed by atoms with van der Waals surface area (Å²) in [5, 5.41) is 0. The van der Waals surface area contributed by atoms with Gasteiger partial charge in [-0.25, -0.2) is 4.79 Å². The van der Waals surface area contributed by atoms with Gasteiger partial charge in [0.2, 0.25) is 0 Å². The SMILES string of the molecule is COC(COC(c1ccccc1)(c1ccccc1)c1ccccc1)Cn1ccc(=O)[nH]c1=O. The Morgan fingerprint density at radius 3 is 1.70 bits per heavy atom. The maximum absolute atomic E-state index is 12.2. The van der Waals surface area contributed by atoms with Gasteiger partial charge in [-0.3, -0.25) is 14.3 Å². The van der Waals surface area contributed by atoms with Crippen molar-refractivity contribution in [2.45, 2.75) is 18.2 Å². The Kier molecular flexibility index (Phi) is 6.98. The first kappa shape index (κ1) is 22.5. The third-order valence-corrected chi connectivity index (χ3v) is 5.66. The van der Waals surface area contributed by atoms with E-state index in [9.17, 15) is 9.59 Å². The smallest absolute Gasteiger partial charge is 0.328 e. The fourth-order valence-electron chi connectivity index (χ4n) is 3.99. The molecule has 1 aromatic heterocycles. The third-order valence-electron chi connectivity index (χ3n) is 5.66. The predicted octanol–water partition coefficient (Wildman–Crippen LogP) is 3.56. The molecule has 1 atom stereocenters. The molecule has 6 nitrogen and oxygen atoms in total. The first-order chi connectivity index (χ1) is 16.1. The van der Waals surface area contributed by atoms with Crippen LogP contribution in [0.5, 0.6) is 0 Å². The summed E-state index contributed by atoms with van der Waals surface area (Å²) in [4.78, 5) is 25.8. The summed E-state index contributed by atoms with van der Waals surface area (Å²) in [5.41, 5.74) is 1.16. The van der Waals surface area contributed by atoms with Crippen molar-refractivity contribution in [3.05, 3.63) is 141 Å². The lowest BCUT2D eigenvalue weighted by atomic mass is 9.80. The summed E-state index contributed by atoms with van der Waals surface area (Å²) < 4.78 is 13.8. The lowest BCUT2D eigenvalue weighted by molar-refractivity contribution is -0.0567. The van der Waals surface area contributed by atoms with E-state index in [1.54, 1.807) is 7.11 Å². The van der Waals surface area contributed by atoms with E-state index in [1.165, 1.54) is 16.8 Å². The van der Waals surface area contributed by atoms with Crippen LogP contribution in [0.2, 0.25) is 0 Å². The number of H-pyrrole nitrogens is 1. The standard InChI is InChI=1S/C27H26N2O4/c1-32-24(19-29-18-17-25(30)28-26(29)31)20-33-27(21-11-5-2-6-12-21,22-13-7-3-8-14-22)23-15-9-4-10-16-23/h2-18,24H,19-20H2,1H3,(H,28,30,31). The molecule has 4 aromatic rings. The molecular formula is C27H26N2O4. The number of aromatic amines is 1. The Bertz CT molecular complexity index is 1170. The van der Waals surface area contributed by atoms with E-state index in [2.05, 4.69) is 4.98 Å². The number of nitrogens with zero attached hydrogens (tertiary/aromatic N) is 1. The summed E-state index contributed by atoms with van der Waals surface area (Å²) in [6.45, 7) is 0.446. The number of rotatable bonds is 9. The summed E-state index contributed by atoms with van der Waals surface area (Å²) >= 11 is 0. The van der Waals surface area contributed by atoms with E-state index in [0.29, 0.717) is 0 Å². The lowest BCUT2D eigenvalue weighted by Crippen LogP contribution is -2.39. The lowest BCUT2D eigenvalue weighted by Gasteiger charge is -2.37. The molecule has 0 saturated heterocycles. The molecule has 0 aliphatic heterocycles. The van der Waals surface area contributed by atoms with Crippen LogP contribution >= 0.6 is 0 Å². The highest BCUT2D eigenvalue weighted by Crippen LogP contribution is 2.40. The van der Waals surface area contributed by atoms with Crippen molar-refractivity contribution < 1.29 is 9.47 Å². The van der Waals surface area contributed by atoms with Crippen LogP contribution in [0.25, 0.3) is 0 Å². The van der Waals surface area contributed by atoms with Crippen LogP contribution in [0.3, 0.4) is 0 Å². The van der Waals surface area contributed by atoms with Crippen LogP contribution in [-0.4, -0.2) is 29.4 Å². The number of methoxy groups -OCH3 is 1. The van der Waals surface area contributed by atoms with Crippen LogP contribution in [0.1, 0.15) is 16.7 Å². The van der Waals surface area contributed by atoms with Crippen molar-refractivity contribution in [1.82, 2.24) is 9.55 Å². The first-order valence-corrected chi connectivity index (χ1v) is 10.8. The average Bonchev–Trinajstić information content (AvgIpc) is 2.87. The number of hydrogen-bond donors (Lipinski definition) is 1. The molecule has 6 heteroatoms. The summed E-state index contributed by atoms with van der Waals surface area (Å²) in [5.74, 6) is 0. The second kappa shape index (κ2) is 10.3. The number of benzene rings is 3. The molecule has 0 amide bonds. The van der Waals surface area contributed by atoms with E-state index in [0.717, 1.165) is 16.7 Å². The molecule has 0 aliphatic carbocycles. The van der Waals surface area contributed by atoms with E-state index < -0.39 is 23.0 Å². The van der Waals surface area contributed by atoms with Gasteiger partial charge in [0, 0.05) is 19.4 Å². The minimum atomic E-state index is -0.878. The highest BCUT2D eigenvalue weighted by atomic mass is 16.5. The van der Waals surface area contributed by atoms with Crippen LogP contribution in [-0.2, 0) is 21.6 Å². The van der Waals surface area contributed by atoms with E-state index in [1.807, 2.05) is 91.0 Å². The molecule has 1 unspecified atom stereocenters. The molecule has 1 heterocycles. The normalized spacial score (nSPS) is 12.4. The number of ether oxygens (including phenoxy) is 2. The Balaban J connectivity index is 1.75. The maximum Gasteiger partial charge on any atom is 0.328 e. The molecule has 3 aromatic carbocycles. The fourth-order valence-corrected chi connectivity index (χ4v) is 3.99. The molecule has 0 saturated carbocycles. The number of aromatic nitrogens is 2.